The summed E-state index contributed by atoms with van der Waals surface area (Å²) in [6.45, 7) is 6.86. The molecule has 1 aliphatic rings. The van der Waals surface area contributed by atoms with Gasteiger partial charge in [0.05, 0.1) is 0 Å². The zero-order chi connectivity index (χ0) is 14.4. The Labute approximate surface area is 124 Å². The second-order valence-corrected chi connectivity index (χ2v) is 6.41. The van der Waals surface area contributed by atoms with Crippen molar-refractivity contribution in [3.05, 3.63) is 18.2 Å². The molecule has 1 saturated carbocycles. The summed E-state index contributed by atoms with van der Waals surface area (Å²) in [5.74, 6) is 3.95. The first kappa shape index (κ1) is 15.6. The van der Waals surface area contributed by atoms with E-state index in [-0.39, 0.29) is 0 Å². The van der Waals surface area contributed by atoms with Gasteiger partial charge in [-0.2, -0.15) is 0 Å². The van der Waals surface area contributed by atoms with Crippen molar-refractivity contribution in [3.8, 4) is 0 Å². The van der Waals surface area contributed by atoms with E-state index in [0.29, 0.717) is 0 Å². The fourth-order valence-electron chi connectivity index (χ4n) is 3.70. The fourth-order valence-corrected chi connectivity index (χ4v) is 3.70. The maximum atomic E-state index is 4.47. The van der Waals surface area contributed by atoms with E-state index in [0.717, 1.165) is 30.7 Å². The lowest BCUT2D eigenvalue weighted by atomic mass is 9.71. The Hall–Kier alpha value is -0.830. The molecule has 0 aromatic carbocycles. The number of hydrogen-bond acceptors (Lipinski definition) is 2. The normalized spacial score (nSPS) is 26.9. The molecule has 0 amide bonds. The van der Waals surface area contributed by atoms with Gasteiger partial charge in [0.2, 0.25) is 0 Å². The molecule has 2 rings (SSSR count). The van der Waals surface area contributed by atoms with Crippen LogP contribution in [0.2, 0.25) is 0 Å². The van der Waals surface area contributed by atoms with Crippen molar-refractivity contribution in [2.75, 3.05) is 13.1 Å². The topological polar surface area (TPSA) is 29.9 Å². The van der Waals surface area contributed by atoms with E-state index in [1.165, 1.54) is 44.5 Å². The minimum atomic E-state index is 0.873. The fraction of sp³-hybridized carbons (Fsp3) is 0.824. The van der Waals surface area contributed by atoms with Crippen molar-refractivity contribution in [1.29, 1.82) is 0 Å². The zero-order valence-electron chi connectivity index (χ0n) is 13.4. The quantitative estimate of drug-likeness (QED) is 0.828. The third-order valence-corrected chi connectivity index (χ3v) is 5.14. The summed E-state index contributed by atoms with van der Waals surface area (Å²) in [6, 6.07) is 0. The Kier molecular flexibility index (Phi) is 6.08. The van der Waals surface area contributed by atoms with Crippen molar-refractivity contribution in [3.63, 3.8) is 0 Å². The molecule has 0 aliphatic heterocycles. The van der Waals surface area contributed by atoms with Gasteiger partial charge in [-0.05, 0) is 50.1 Å². The first-order valence-corrected chi connectivity index (χ1v) is 8.41. The van der Waals surface area contributed by atoms with Gasteiger partial charge in [-0.1, -0.05) is 26.7 Å². The standard InChI is InChI=1S/C17H31N3/c1-4-14-6-7-16(13-18-5-2)15(12-14)8-9-17-19-10-11-20(17)3/h10-11,14-16,18H,4-9,12-13H2,1-3H3. The summed E-state index contributed by atoms with van der Waals surface area (Å²) in [5, 5.41) is 3.56. The average Bonchev–Trinajstić information content (AvgIpc) is 2.88. The Morgan fingerprint density at radius 1 is 1.30 bits per heavy atom. The van der Waals surface area contributed by atoms with Crippen LogP contribution < -0.4 is 5.32 Å². The van der Waals surface area contributed by atoms with Gasteiger partial charge in [-0.15, -0.1) is 0 Å². The number of nitrogens with zero attached hydrogens (tertiary/aromatic N) is 2. The number of aryl methyl sites for hydroxylation is 2. The minimum absolute atomic E-state index is 0.873. The molecule has 1 fully saturated rings. The molecule has 3 atom stereocenters. The van der Waals surface area contributed by atoms with Crippen molar-refractivity contribution in [2.45, 2.75) is 52.4 Å². The molecular weight excluding hydrogens is 246 g/mol. The first-order valence-electron chi connectivity index (χ1n) is 8.41. The highest BCUT2D eigenvalue weighted by Gasteiger charge is 2.29. The maximum absolute atomic E-state index is 4.47. The third-order valence-electron chi connectivity index (χ3n) is 5.14. The number of aromatic nitrogens is 2. The highest BCUT2D eigenvalue weighted by molar-refractivity contribution is 4.92. The monoisotopic (exact) mass is 277 g/mol. The van der Waals surface area contributed by atoms with E-state index in [4.69, 9.17) is 0 Å². The highest BCUT2D eigenvalue weighted by Crippen LogP contribution is 2.37. The molecule has 114 valence electrons. The van der Waals surface area contributed by atoms with Crippen molar-refractivity contribution in [2.24, 2.45) is 24.8 Å². The maximum Gasteiger partial charge on any atom is 0.108 e. The molecule has 1 N–H and O–H groups in total. The van der Waals surface area contributed by atoms with Crippen LogP contribution in [0.25, 0.3) is 0 Å². The molecule has 3 nitrogen and oxygen atoms in total. The van der Waals surface area contributed by atoms with Gasteiger partial charge in [0.15, 0.2) is 0 Å². The number of imidazole rings is 1. The highest BCUT2D eigenvalue weighted by atomic mass is 15.0. The molecule has 1 aromatic rings. The Balaban J connectivity index is 1.90. The van der Waals surface area contributed by atoms with Crippen molar-refractivity contribution >= 4 is 0 Å². The Morgan fingerprint density at radius 2 is 2.15 bits per heavy atom. The zero-order valence-corrected chi connectivity index (χ0v) is 13.4. The summed E-state index contributed by atoms with van der Waals surface area (Å²) in [5.41, 5.74) is 0. The summed E-state index contributed by atoms with van der Waals surface area (Å²) in [6.07, 6.45) is 12.0. The molecule has 3 heteroatoms. The second kappa shape index (κ2) is 7.82. The Morgan fingerprint density at radius 3 is 2.80 bits per heavy atom. The van der Waals surface area contributed by atoms with Gasteiger partial charge in [0, 0.05) is 25.9 Å². The number of hydrogen-bond donors (Lipinski definition) is 1. The molecular formula is C17H31N3. The van der Waals surface area contributed by atoms with Crippen LogP contribution >= 0.6 is 0 Å². The predicted octanol–water partition coefficient (Wildman–Crippen LogP) is 3.40. The largest absolute Gasteiger partial charge is 0.338 e. The minimum Gasteiger partial charge on any atom is -0.338 e. The van der Waals surface area contributed by atoms with Gasteiger partial charge < -0.3 is 9.88 Å². The molecule has 0 bridgehead atoms. The van der Waals surface area contributed by atoms with E-state index < -0.39 is 0 Å². The number of nitrogens with one attached hydrogen (secondary N) is 1. The first-order chi connectivity index (χ1) is 9.74. The van der Waals surface area contributed by atoms with E-state index in [9.17, 15) is 0 Å². The lowest BCUT2D eigenvalue weighted by Gasteiger charge is -2.36. The van der Waals surface area contributed by atoms with Gasteiger partial charge in [0.1, 0.15) is 5.82 Å². The Bertz CT molecular complexity index is 385. The molecule has 0 spiro atoms. The molecule has 1 aliphatic carbocycles. The van der Waals surface area contributed by atoms with Crippen molar-refractivity contribution in [1.82, 2.24) is 14.9 Å². The van der Waals surface area contributed by atoms with Crippen LogP contribution in [0.3, 0.4) is 0 Å². The van der Waals surface area contributed by atoms with Crippen molar-refractivity contribution < 1.29 is 0 Å². The molecule has 0 saturated heterocycles. The van der Waals surface area contributed by atoms with Gasteiger partial charge >= 0.3 is 0 Å². The summed E-state index contributed by atoms with van der Waals surface area (Å²) in [4.78, 5) is 4.47. The molecule has 3 unspecified atom stereocenters. The molecule has 1 aromatic heterocycles. The van der Waals surface area contributed by atoms with Crippen LogP contribution in [-0.4, -0.2) is 22.6 Å². The van der Waals surface area contributed by atoms with Crippen LogP contribution in [0.1, 0.15) is 51.8 Å². The van der Waals surface area contributed by atoms with Gasteiger partial charge in [-0.3, -0.25) is 0 Å². The smallest absolute Gasteiger partial charge is 0.108 e. The SMILES string of the molecule is CCNCC1CCC(CC)CC1CCc1nccn1C. The van der Waals surface area contributed by atoms with Gasteiger partial charge in [0.25, 0.3) is 0 Å². The molecule has 20 heavy (non-hydrogen) atoms. The average molecular weight is 277 g/mol. The third kappa shape index (κ3) is 4.08. The lowest BCUT2D eigenvalue weighted by Crippen LogP contribution is -2.33. The summed E-state index contributed by atoms with van der Waals surface area (Å²) < 4.78 is 2.17. The molecule has 1 heterocycles. The van der Waals surface area contributed by atoms with E-state index in [1.54, 1.807) is 0 Å². The summed E-state index contributed by atoms with van der Waals surface area (Å²) >= 11 is 0. The summed E-state index contributed by atoms with van der Waals surface area (Å²) in [7, 11) is 2.11. The predicted molar refractivity (Wildman–Crippen MR) is 84.7 cm³/mol. The van der Waals surface area contributed by atoms with E-state index in [2.05, 4.69) is 42.0 Å². The number of rotatable bonds is 7. The van der Waals surface area contributed by atoms with E-state index in [1.807, 2.05) is 6.20 Å². The lowest BCUT2D eigenvalue weighted by molar-refractivity contribution is 0.163. The van der Waals surface area contributed by atoms with E-state index >= 15 is 0 Å². The molecule has 0 radical (unpaired) electrons. The van der Waals surface area contributed by atoms with Gasteiger partial charge in [-0.25, -0.2) is 4.98 Å². The second-order valence-electron chi connectivity index (χ2n) is 6.41. The van der Waals surface area contributed by atoms with Crippen LogP contribution in [0, 0.1) is 17.8 Å². The van der Waals surface area contributed by atoms with Crippen LogP contribution in [0.15, 0.2) is 12.4 Å². The van der Waals surface area contributed by atoms with Crippen LogP contribution in [0.5, 0.6) is 0 Å². The van der Waals surface area contributed by atoms with Crippen LogP contribution in [0.4, 0.5) is 0 Å². The van der Waals surface area contributed by atoms with Crippen LogP contribution in [-0.2, 0) is 13.5 Å².